The van der Waals surface area contributed by atoms with Crippen LogP contribution in [-0.4, -0.2) is 30.5 Å². The average Bonchev–Trinajstić information content (AvgIpc) is 3.06. The van der Waals surface area contributed by atoms with Crippen LogP contribution in [0.4, 0.5) is 0 Å². The van der Waals surface area contributed by atoms with Crippen molar-refractivity contribution in [2.24, 2.45) is 0 Å². The number of hydrogen-bond acceptors (Lipinski definition) is 2. The molecule has 5 rings (SSSR count). The molecule has 5 heteroatoms. The molecular formula is C25H29N3Si2. The maximum Gasteiger partial charge on any atom is 0.147 e. The fourth-order valence-corrected chi connectivity index (χ4v) is 18.4. The summed E-state index contributed by atoms with van der Waals surface area (Å²) in [4.78, 5) is 9.92. The second-order valence-corrected chi connectivity index (χ2v) is 21.8. The molecule has 0 radical (unpaired) electrons. The van der Waals surface area contributed by atoms with E-state index < -0.39 is 16.1 Å². The van der Waals surface area contributed by atoms with Gasteiger partial charge in [-0.3, -0.25) is 9.38 Å². The van der Waals surface area contributed by atoms with Crippen molar-refractivity contribution in [2.45, 2.75) is 44.4 Å². The van der Waals surface area contributed by atoms with E-state index in [9.17, 15) is 0 Å². The molecule has 0 spiro atoms. The first-order valence-electron chi connectivity index (χ1n) is 10.7. The third kappa shape index (κ3) is 2.83. The molecule has 3 nitrogen and oxygen atoms in total. The average molecular weight is 428 g/mol. The van der Waals surface area contributed by atoms with Crippen LogP contribution in [0.3, 0.4) is 0 Å². The molecule has 0 aliphatic heterocycles. The van der Waals surface area contributed by atoms with Crippen LogP contribution < -0.4 is 0 Å². The predicted molar refractivity (Wildman–Crippen MR) is 135 cm³/mol. The van der Waals surface area contributed by atoms with Crippen LogP contribution in [0.5, 0.6) is 0 Å². The summed E-state index contributed by atoms with van der Waals surface area (Å²) in [6, 6.07) is 19.5. The quantitative estimate of drug-likeness (QED) is 0.228. The lowest BCUT2D eigenvalue weighted by Gasteiger charge is -2.39. The predicted octanol–water partition coefficient (Wildman–Crippen LogP) is 7.03. The largest absolute Gasteiger partial charge is 0.292 e. The number of aromatic nitrogens is 3. The first kappa shape index (κ1) is 19.5. The minimum atomic E-state index is -1.46. The molecule has 0 aliphatic rings. The highest BCUT2D eigenvalue weighted by Crippen LogP contribution is 2.42. The summed E-state index contributed by atoms with van der Waals surface area (Å²) >= 11 is 0. The molecule has 3 aromatic heterocycles. The van der Waals surface area contributed by atoms with Crippen molar-refractivity contribution in [3.05, 3.63) is 66.4 Å². The van der Waals surface area contributed by atoms with Crippen molar-refractivity contribution in [3.8, 4) is 0 Å². The summed E-state index contributed by atoms with van der Waals surface area (Å²) in [5.41, 5.74) is 7.01. The van der Waals surface area contributed by atoms with Gasteiger partial charge < -0.3 is 0 Å². The Morgan fingerprint density at radius 2 is 1.47 bits per heavy atom. The summed E-state index contributed by atoms with van der Waals surface area (Å²) in [6.07, 6.45) is 1.93. The van der Waals surface area contributed by atoms with Crippen LogP contribution >= 0.6 is 0 Å². The zero-order chi connectivity index (χ0) is 21.3. The van der Waals surface area contributed by atoms with Gasteiger partial charge in [-0.05, 0) is 41.1 Å². The van der Waals surface area contributed by atoms with Crippen LogP contribution in [0.1, 0.15) is 10.7 Å². The van der Waals surface area contributed by atoms with Gasteiger partial charge in [0, 0.05) is 33.1 Å². The van der Waals surface area contributed by atoms with Crippen LogP contribution in [0.2, 0.25) is 39.3 Å². The molecule has 152 valence electrons. The number of para-hydroxylation sites is 2. The van der Waals surface area contributed by atoms with Gasteiger partial charge in [-0.15, -0.1) is 0 Å². The molecule has 5 aromatic rings. The molecule has 0 N–H and O–H groups in total. The minimum absolute atomic E-state index is 0.645. The Bertz CT molecular complexity index is 1410. The SMILES string of the molecule is C[Si](C)(C)C(c1cccc2c1c1ncccc1c1nc3ccccc3n21)[Si](C)(C)C. The highest BCUT2D eigenvalue weighted by molar-refractivity contribution is 6.96. The monoisotopic (exact) mass is 427 g/mol. The van der Waals surface area contributed by atoms with Gasteiger partial charge in [-0.2, -0.15) is 0 Å². The summed E-state index contributed by atoms with van der Waals surface area (Å²) in [6.45, 7) is 15.1. The lowest BCUT2D eigenvalue weighted by molar-refractivity contribution is 1.19. The zero-order valence-corrected chi connectivity index (χ0v) is 20.7. The molecular weight excluding hydrogens is 398 g/mol. The van der Waals surface area contributed by atoms with Crippen molar-refractivity contribution in [1.29, 1.82) is 0 Å². The van der Waals surface area contributed by atoms with Crippen LogP contribution in [0, 0.1) is 0 Å². The lowest BCUT2D eigenvalue weighted by Crippen LogP contribution is -2.46. The number of pyridine rings is 2. The minimum Gasteiger partial charge on any atom is -0.292 e. The second-order valence-electron chi connectivity index (χ2n) is 10.6. The van der Waals surface area contributed by atoms with Gasteiger partial charge in [-0.1, -0.05) is 63.5 Å². The first-order valence-corrected chi connectivity index (χ1v) is 17.9. The summed E-state index contributed by atoms with van der Waals surface area (Å²) in [7, 11) is -2.93. The summed E-state index contributed by atoms with van der Waals surface area (Å²) in [5.74, 6) is 0. The lowest BCUT2D eigenvalue weighted by atomic mass is 10.1. The number of fused-ring (bicyclic) bond motifs is 8. The molecule has 30 heavy (non-hydrogen) atoms. The molecule has 3 heterocycles. The molecule has 0 atom stereocenters. The van der Waals surface area contributed by atoms with E-state index in [2.05, 4.69) is 92.2 Å². The molecule has 0 amide bonds. The number of hydrogen-bond donors (Lipinski definition) is 0. The Morgan fingerprint density at radius 1 is 0.767 bits per heavy atom. The molecule has 0 saturated carbocycles. The van der Waals surface area contributed by atoms with Crippen LogP contribution in [0.25, 0.3) is 38.5 Å². The van der Waals surface area contributed by atoms with E-state index in [1.165, 1.54) is 16.5 Å². The zero-order valence-electron chi connectivity index (χ0n) is 18.7. The van der Waals surface area contributed by atoms with Crippen molar-refractivity contribution in [1.82, 2.24) is 14.4 Å². The van der Waals surface area contributed by atoms with Gasteiger partial charge in [-0.25, -0.2) is 4.98 Å². The van der Waals surface area contributed by atoms with E-state index in [1.807, 2.05) is 12.3 Å². The number of benzene rings is 2. The first-order chi connectivity index (χ1) is 14.2. The van der Waals surface area contributed by atoms with E-state index in [1.54, 1.807) is 0 Å². The van der Waals surface area contributed by atoms with Crippen molar-refractivity contribution < 1.29 is 0 Å². The van der Waals surface area contributed by atoms with Gasteiger partial charge in [0.2, 0.25) is 0 Å². The van der Waals surface area contributed by atoms with Gasteiger partial charge >= 0.3 is 0 Å². The Hall–Kier alpha value is -2.51. The second kappa shape index (κ2) is 6.49. The van der Waals surface area contributed by atoms with Crippen LogP contribution in [0.15, 0.2) is 60.8 Å². The molecule has 2 aromatic carbocycles. The third-order valence-electron chi connectivity index (χ3n) is 6.20. The van der Waals surface area contributed by atoms with Gasteiger partial charge in [0.15, 0.2) is 0 Å². The highest BCUT2D eigenvalue weighted by Gasteiger charge is 2.40. The van der Waals surface area contributed by atoms with Gasteiger partial charge in [0.1, 0.15) is 5.65 Å². The maximum absolute atomic E-state index is 5.01. The van der Waals surface area contributed by atoms with Gasteiger partial charge in [0.25, 0.3) is 0 Å². The van der Waals surface area contributed by atoms with Crippen molar-refractivity contribution >= 4 is 54.6 Å². The molecule has 0 unspecified atom stereocenters. The normalized spacial score (nSPS) is 13.3. The number of imidazole rings is 1. The summed E-state index contributed by atoms with van der Waals surface area (Å²) < 4.78 is 2.35. The molecule has 0 aliphatic carbocycles. The van der Waals surface area contributed by atoms with E-state index in [0.717, 1.165) is 27.6 Å². The molecule has 0 saturated heterocycles. The van der Waals surface area contributed by atoms with E-state index >= 15 is 0 Å². The topological polar surface area (TPSA) is 30.2 Å². The van der Waals surface area contributed by atoms with E-state index in [4.69, 9.17) is 9.97 Å². The number of rotatable bonds is 3. The van der Waals surface area contributed by atoms with Crippen molar-refractivity contribution in [2.75, 3.05) is 0 Å². The Labute approximate surface area is 179 Å². The molecule has 0 fully saturated rings. The van der Waals surface area contributed by atoms with Crippen molar-refractivity contribution in [3.63, 3.8) is 0 Å². The van der Waals surface area contributed by atoms with Gasteiger partial charge in [0.05, 0.1) is 22.1 Å². The Balaban J connectivity index is 2.06. The Kier molecular flexibility index (Phi) is 4.21. The smallest absolute Gasteiger partial charge is 0.147 e. The third-order valence-corrected chi connectivity index (χ3v) is 15.5. The molecule has 0 bridgehead atoms. The summed E-state index contributed by atoms with van der Waals surface area (Å²) in [5, 5.41) is 3.10. The van der Waals surface area contributed by atoms with E-state index in [-0.39, 0.29) is 0 Å². The number of nitrogens with zero attached hydrogens (tertiary/aromatic N) is 3. The van der Waals surface area contributed by atoms with Crippen LogP contribution in [-0.2, 0) is 0 Å². The maximum atomic E-state index is 5.01. The standard InChI is InChI=1S/C25H29N3Si2/c1-29(2,3)25(30(4,5)6)17-11-9-15-21-22(17)23-18(12-10-16-26-23)24-27-19-13-7-8-14-20(19)28(21)24/h7-16,25H,1-6H3. The van der Waals surface area contributed by atoms with E-state index in [0.29, 0.717) is 5.16 Å². The fraction of sp³-hybridized carbons (Fsp3) is 0.280. The fourth-order valence-electron chi connectivity index (χ4n) is 5.71. The Morgan fingerprint density at radius 3 is 2.20 bits per heavy atom. The highest BCUT2D eigenvalue weighted by atomic mass is 28.4.